The molecule has 2 amide bonds. The second-order valence-corrected chi connectivity index (χ2v) is 10.8. The van der Waals surface area contributed by atoms with Crippen molar-refractivity contribution in [1.29, 1.82) is 0 Å². The Balaban J connectivity index is 2.15. The molecule has 7 nitrogen and oxygen atoms in total. The summed E-state index contributed by atoms with van der Waals surface area (Å²) >= 11 is 0. The largest absolute Gasteiger partial charge is 0.354 e. The predicted octanol–water partition coefficient (Wildman–Crippen LogP) is 4.28. The Morgan fingerprint density at radius 1 is 0.973 bits per heavy atom. The van der Waals surface area contributed by atoms with Crippen LogP contribution < -0.4 is 9.62 Å². The quantitative estimate of drug-likeness (QED) is 0.344. The van der Waals surface area contributed by atoms with Crippen LogP contribution in [-0.4, -0.2) is 57.1 Å². The molecule has 2 aromatic carbocycles. The Labute approximate surface area is 218 Å². The van der Waals surface area contributed by atoms with Gasteiger partial charge in [0.15, 0.2) is 11.6 Å². The minimum absolute atomic E-state index is 0.0107. The molecule has 0 saturated heterocycles. The highest BCUT2D eigenvalue weighted by Gasteiger charge is 2.28. The third-order valence-corrected chi connectivity index (χ3v) is 7.24. The number of rotatable bonds is 15. The lowest BCUT2D eigenvalue weighted by atomic mass is 10.1. The van der Waals surface area contributed by atoms with E-state index in [1.165, 1.54) is 6.07 Å². The number of sulfonamides is 1. The van der Waals surface area contributed by atoms with Gasteiger partial charge < -0.3 is 10.2 Å². The van der Waals surface area contributed by atoms with E-state index in [0.29, 0.717) is 25.9 Å². The molecule has 0 aromatic heterocycles. The first kappa shape index (κ1) is 30.2. The lowest BCUT2D eigenvalue weighted by molar-refractivity contribution is -0.140. The van der Waals surface area contributed by atoms with Crippen LogP contribution in [0.15, 0.2) is 48.5 Å². The summed E-state index contributed by atoms with van der Waals surface area (Å²) in [5.41, 5.74) is 1.01. The van der Waals surface area contributed by atoms with Crippen LogP contribution in [0.5, 0.6) is 0 Å². The summed E-state index contributed by atoms with van der Waals surface area (Å²) in [6.45, 7) is 4.65. The fourth-order valence-corrected chi connectivity index (χ4v) is 5.00. The lowest BCUT2D eigenvalue weighted by Crippen LogP contribution is -2.50. The molecule has 2 aromatic rings. The Hall–Kier alpha value is -3.01. The van der Waals surface area contributed by atoms with Crippen molar-refractivity contribution in [1.82, 2.24) is 10.2 Å². The topological polar surface area (TPSA) is 86.8 Å². The third kappa shape index (κ3) is 9.42. The van der Waals surface area contributed by atoms with Gasteiger partial charge in [-0.05, 0) is 43.4 Å². The van der Waals surface area contributed by atoms with Crippen molar-refractivity contribution >= 4 is 27.5 Å². The van der Waals surface area contributed by atoms with E-state index >= 15 is 0 Å². The monoisotopic (exact) mass is 537 g/mol. The van der Waals surface area contributed by atoms with Crippen LogP contribution in [0.25, 0.3) is 0 Å². The summed E-state index contributed by atoms with van der Waals surface area (Å²) in [5, 5.41) is 2.91. The molecule has 0 fully saturated rings. The van der Waals surface area contributed by atoms with Crippen LogP contribution >= 0.6 is 0 Å². The van der Waals surface area contributed by atoms with Gasteiger partial charge in [-0.25, -0.2) is 17.2 Å². The van der Waals surface area contributed by atoms with Crippen molar-refractivity contribution in [3.8, 4) is 0 Å². The predicted molar refractivity (Wildman–Crippen MR) is 142 cm³/mol. The van der Waals surface area contributed by atoms with Crippen molar-refractivity contribution in [3.63, 3.8) is 0 Å². The molecule has 0 unspecified atom stereocenters. The van der Waals surface area contributed by atoms with E-state index in [1.54, 1.807) is 4.90 Å². The molecule has 0 aliphatic rings. The average Bonchev–Trinajstić information content (AvgIpc) is 2.86. The van der Waals surface area contributed by atoms with E-state index in [0.717, 1.165) is 41.1 Å². The van der Waals surface area contributed by atoms with Crippen molar-refractivity contribution < 1.29 is 26.8 Å². The van der Waals surface area contributed by atoms with Crippen LogP contribution in [-0.2, 0) is 26.0 Å². The smallest absolute Gasteiger partial charge is 0.242 e. The molecule has 0 aliphatic carbocycles. The Morgan fingerprint density at radius 2 is 1.68 bits per heavy atom. The highest BCUT2D eigenvalue weighted by molar-refractivity contribution is 7.92. The molecule has 10 heteroatoms. The van der Waals surface area contributed by atoms with Gasteiger partial charge >= 0.3 is 0 Å². The number of carbonyl (C=O) groups excluding carboxylic acids is 2. The summed E-state index contributed by atoms with van der Waals surface area (Å²) in [5.74, 6) is -2.72. The number of hydrogen-bond donors (Lipinski definition) is 1. The molecule has 0 spiro atoms. The van der Waals surface area contributed by atoms with E-state index in [2.05, 4.69) is 5.32 Å². The Kier molecular flexibility index (Phi) is 12.0. The van der Waals surface area contributed by atoms with Crippen molar-refractivity contribution in [2.45, 2.75) is 58.4 Å². The molecule has 2 rings (SSSR count). The van der Waals surface area contributed by atoms with Crippen molar-refractivity contribution in [3.05, 3.63) is 65.7 Å². The molecular formula is C27H37F2N3O4S. The van der Waals surface area contributed by atoms with Gasteiger partial charge in [0.2, 0.25) is 21.8 Å². The first-order valence-corrected chi connectivity index (χ1v) is 14.5. The van der Waals surface area contributed by atoms with Gasteiger partial charge in [-0.1, -0.05) is 50.6 Å². The van der Waals surface area contributed by atoms with E-state index in [4.69, 9.17) is 0 Å². The van der Waals surface area contributed by atoms with Crippen LogP contribution in [0.3, 0.4) is 0 Å². The molecule has 0 saturated carbocycles. The zero-order chi connectivity index (χ0) is 27.4. The third-order valence-electron chi connectivity index (χ3n) is 6.04. The van der Waals surface area contributed by atoms with E-state index < -0.39 is 27.7 Å². The lowest BCUT2D eigenvalue weighted by Gasteiger charge is -2.31. The first-order chi connectivity index (χ1) is 17.6. The van der Waals surface area contributed by atoms with Crippen molar-refractivity contribution in [2.24, 2.45) is 0 Å². The summed E-state index contributed by atoms with van der Waals surface area (Å²) in [7, 11) is -3.80. The van der Waals surface area contributed by atoms with Gasteiger partial charge in [-0.2, -0.15) is 0 Å². The van der Waals surface area contributed by atoms with E-state index in [-0.39, 0.29) is 36.9 Å². The molecule has 0 aliphatic heterocycles. The number of nitrogens with zero attached hydrogens (tertiary/aromatic N) is 2. The number of carbonyl (C=O) groups is 2. The summed E-state index contributed by atoms with van der Waals surface area (Å²) in [6.07, 6.45) is 3.87. The van der Waals surface area contributed by atoms with Crippen LogP contribution in [0, 0.1) is 11.6 Å². The Bertz CT molecular complexity index is 1130. The maximum atomic E-state index is 13.7. The number of anilines is 1. The van der Waals surface area contributed by atoms with Gasteiger partial charge in [-0.3, -0.25) is 13.9 Å². The van der Waals surface area contributed by atoms with Crippen molar-refractivity contribution in [2.75, 3.05) is 30.2 Å². The normalized spacial score (nSPS) is 12.1. The Morgan fingerprint density at radius 3 is 2.27 bits per heavy atom. The second kappa shape index (κ2) is 14.7. The highest BCUT2D eigenvalue weighted by atomic mass is 32.2. The first-order valence-electron chi connectivity index (χ1n) is 12.6. The summed E-state index contributed by atoms with van der Waals surface area (Å²) in [4.78, 5) is 27.8. The van der Waals surface area contributed by atoms with Gasteiger partial charge in [0.1, 0.15) is 6.04 Å². The van der Waals surface area contributed by atoms with Gasteiger partial charge in [0, 0.05) is 32.1 Å². The molecular weight excluding hydrogens is 500 g/mol. The molecule has 37 heavy (non-hydrogen) atoms. The minimum Gasteiger partial charge on any atom is -0.354 e. The fraction of sp³-hybridized carbons (Fsp3) is 0.481. The standard InChI is InChI=1S/C27H37F2N3O4S/c1-4-6-17-30-27(34)25(5-2)31(19-16-21-11-8-7-9-12-21)26(33)13-10-18-32(37(3,35)36)22-14-15-23(28)24(29)20-22/h7-9,11-12,14-15,20,25H,4-6,10,13,16-19H2,1-3H3,(H,30,34)/t25-/m1/s1. The summed E-state index contributed by atoms with van der Waals surface area (Å²) in [6, 6.07) is 11.9. The fourth-order valence-electron chi connectivity index (χ4n) is 4.05. The van der Waals surface area contributed by atoms with E-state index in [1.807, 2.05) is 44.2 Å². The van der Waals surface area contributed by atoms with Crippen LogP contribution in [0.2, 0.25) is 0 Å². The maximum Gasteiger partial charge on any atom is 0.242 e. The zero-order valence-electron chi connectivity index (χ0n) is 21.8. The number of nitrogens with one attached hydrogen (secondary N) is 1. The van der Waals surface area contributed by atoms with E-state index in [9.17, 15) is 26.8 Å². The molecule has 204 valence electrons. The molecule has 0 radical (unpaired) electrons. The maximum absolute atomic E-state index is 13.7. The number of halogens is 2. The van der Waals surface area contributed by atoms with Crippen LogP contribution in [0.4, 0.5) is 14.5 Å². The van der Waals surface area contributed by atoms with Gasteiger partial charge in [0.25, 0.3) is 0 Å². The number of amides is 2. The molecule has 1 N–H and O–H groups in total. The second-order valence-electron chi connectivity index (χ2n) is 8.93. The molecule has 0 heterocycles. The van der Waals surface area contributed by atoms with Gasteiger partial charge in [-0.15, -0.1) is 0 Å². The average molecular weight is 538 g/mol. The SMILES string of the molecule is CCCCNC(=O)[C@@H](CC)N(CCc1ccccc1)C(=O)CCCN(c1ccc(F)c(F)c1)S(C)(=O)=O. The molecule has 1 atom stereocenters. The highest BCUT2D eigenvalue weighted by Crippen LogP contribution is 2.21. The zero-order valence-corrected chi connectivity index (χ0v) is 22.6. The summed E-state index contributed by atoms with van der Waals surface area (Å²) < 4.78 is 52.7. The molecule has 0 bridgehead atoms. The minimum atomic E-state index is -3.80. The van der Waals surface area contributed by atoms with Crippen LogP contribution in [0.1, 0.15) is 51.5 Å². The number of benzene rings is 2. The number of hydrogen-bond acceptors (Lipinski definition) is 4. The number of unbranched alkanes of at least 4 members (excludes halogenated alkanes) is 1. The van der Waals surface area contributed by atoms with Gasteiger partial charge in [0.05, 0.1) is 11.9 Å².